The molecule has 0 amide bonds. The highest BCUT2D eigenvalue weighted by atomic mass is 19.1. The van der Waals surface area contributed by atoms with Gasteiger partial charge in [-0.3, -0.25) is 0 Å². The van der Waals surface area contributed by atoms with E-state index in [2.05, 4.69) is 31.9 Å². The predicted octanol–water partition coefficient (Wildman–Crippen LogP) is 3.97. The number of nitrogens with one attached hydrogen (secondary N) is 2. The Morgan fingerprint density at radius 1 is 1.04 bits per heavy atom. The van der Waals surface area contributed by atoms with Crippen LogP contribution in [0.5, 0.6) is 0 Å². The zero-order valence-corrected chi connectivity index (χ0v) is 14.3. The highest BCUT2D eigenvalue weighted by Gasteiger charge is 2.05. The summed E-state index contributed by atoms with van der Waals surface area (Å²) in [6.45, 7) is 1.40. The van der Waals surface area contributed by atoms with Crippen LogP contribution in [0.3, 0.4) is 0 Å². The molecule has 0 bridgehead atoms. The standard InChI is InChI=1S/C19H24FN5/c20-17-9-5-4-8-16(17)11-13-22-19-24-18(14-23-25-19)21-12-10-15-6-2-1-3-7-15/h4-6,8-9,14H,1-3,7,10-13H2,(H2,21,22,24,25). The van der Waals surface area contributed by atoms with E-state index in [-0.39, 0.29) is 5.82 Å². The summed E-state index contributed by atoms with van der Waals surface area (Å²) in [5.41, 5.74) is 2.21. The molecule has 2 aromatic rings. The summed E-state index contributed by atoms with van der Waals surface area (Å²) in [5, 5.41) is 14.3. The van der Waals surface area contributed by atoms with Crippen molar-refractivity contribution in [1.29, 1.82) is 0 Å². The molecule has 6 heteroatoms. The second kappa shape index (κ2) is 9.11. The van der Waals surface area contributed by atoms with Gasteiger partial charge < -0.3 is 10.6 Å². The van der Waals surface area contributed by atoms with Gasteiger partial charge in [0.2, 0.25) is 5.95 Å². The van der Waals surface area contributed by atoms with Crippen LogP contribution >= 0.6 is 0 Å². The van der Waals surface area contributed by atoms with Gasteiger partial charge in [0.15, 0.2) is 5.82 Å². The Kier molecular flexibility index (Phi) is 6.31. The summed E-state index contributed by atoms with van der Waals surface area (Å²) >= 11 is 0. The maximum absolute atomic E-state index is 13.6. The van der Waals surface area contributed by atoms with Gasteiger partial charge in [-0.25, -0.2) is 4.39 Å². The van der Waals surface area contributed by atoms with Crippen molar-refractivity contribution in [2.45, 2.75) is 38.5 Å². The predicted molar refractivity (Wildman–Crippen MR) is 98.1 cm³/mol. The number of allylic oxidation sites excluding steroid dienone is 1. The van der Waals surface area contributed by atoms with Crippen LogP contribution < -0.4 is 10.6 Å². The normalized spacial score (nSPS) is 14.0. The Hall–Kier alpha value is -2.50. The number of benzene rings is 1. The lowest BCUT2D eigenvalue weighted by molar-refractivity contribution is 0.610. The molecule has 132 valence electrons. The molecule has 0 radical (unpaired) electrons. The fraction of sp³-hybridized carbons (Fsp3) is 0.421. The quantitative estimate of drug-likeness (QED) is 0.712. The van der Waals surface area contributed by atoms with E-state index < -0.39 is 0 Å². The van der Waals surface area contributed by atoms with Crippen LogP contribution in [0.25, 0.3) is 0 Å². The molecule has 0 saturated heterocycles. The average molecular weight is 341 g/mol. The van der Waals surface area contributed by atoms with Crippen molar-refractivity contribution in [1.82, 2.24) is 15.2 Å². The van der Waals surface area contributed by atoms with Crippen molar-refractivity contribution in [2.75, 3.05) is 23.7 Å². The minimum absolute atomic E-state index is 0.184. The van der Waals surface area contributed by atoms with Gasteiger partial charge in [-0.05, 0) is 50.2 Å². The van der Waals surface area contributed by atoms with E-state index in [1.54, 1.807) is 18.3 Å². The van der Waals surface area contributed by atoms with Gasteiger partial charge in [-0.1, -0.05) is 29.8 Å². The van der Waals surface area contributed by atoms with Gasteiger partial charge in [0.05, 0.1) is 6.20 Å². The average Bonchev–Trinajstić information content (AvgIpc) is 2.65. The summed E-state index contributed by atoms with van der Waals surface area (Å²) in [5.74, 6) is 0.980. The van der Waals surface area contributed by atoms with Crippen LogP contribution in [-0.2, 0) is 6.42 Å². The molecule has 2 N–H and O–H groups in total. The highest BCUT2D eigenvalue weighted by Crippen LogP contribution is 2.19. The minimum Gasteiger partial charge on any atom is -0.368 e. The molecule has 1 heterocycles. The van der Waals surface area contributed by atoms with E-state index in [0.717, 1.165) is 13.0 Å². The van der Waals surface area contributed by atoms with Gasteiger partial charge in [0.25, 0.3) is 0 Å². The third-order valence-electron chi connectivity index (χ3n) is 4.33. The largest absolute Gasteiger partial charge is 0.368 e. The molecular formula is C19H24FN5. The fourth-order valence-electron chi connectivity index (χ4n) is 2.96. The fourth-order valence-corrected chi connectivity index (χ4v) is 2.96. The van der Waals surface area contributed by atoms with Gasteiger partial charge in [-0.2, -0.15) is 10.1 Å². The minimum atomic E-state index is -0.184. The van der Waals surface area contributed by atoms with Crippen molar-refractivity contribution >= 4 is 11.8 Å². The van der Waals surface area contributed by atoms with Crippen LogP contribution in [0.1, 0.15) is 37.7 Å². The Bertz CT molecular complexity index is 716. The van der Waals surface area contributed by atoms with E-state index in [0.29, 0.717) is 30.3 Å². The molecule has 0 aliphatic heterocycles. The first kappa shape index (κ1) is 17.3. The molecule has 1 aromatic heterocycles. The molecule has 1 aliphatic rings. The van der Waals surface area contributed by atoms with Crippen LogP contribution in [0, 0.1) is 5.82 Å². The summed E-state index contributed by atoms with van der Waals surface area (Å²) in [7, 11) is 0. The van der Waals surface area contributed by atoms with E-state index in [1.165, 1.54) is 37.3 Å². The molecular weight excluding hydrogens is 317 g/mol. The van der Waals surface area contributed by atoms with Crippen molar-refractivity contribution < 1.29 is 4.39 Å². The molecule has 0 atom stereocenters. The van der Waals surface area contributed by atoms with Crippen LogP contribution in [0.4, 0.5) is 16.2 Å². The SMILES string of the molecule is Fc1ccccc1CCNc1nncc(NCCC2=CCCCC2)n1. The third kappa shape index (κ3) is 5.52. The van der Waals surface area contributed by atoms with Crippen molar-refractivity contribution in [3.8, 4) is 0 Å². The molecule has 0 spiro atoms. The summed E-state index contributed by atoms with van der Waals surface area (Å²) in [6, 6.07) is 6.79. The molecule has 0 saturated carbocycles. The van der Waals surface area contributed by atoms with Crippen molar-refractivity contribution in [3.63, 3.8) is 0 Å². The Labute approximate surface area is 147 Å². The van der Waals surface area contributed by atoms with Crippen LogP contribution in [-0.4, -0.2) is 28.3 Å². The zero-order valence-electron chi connectivity index (χ0n) is 14.3. The summed E-state index contributed by atoms with van der Waals surface area (Å²) < 4.78 is 13.6. The van der Waals surface area contributed by atoms with Crippen molar-refractivity contribution in [2.24, 2.45) is 0 Å². The van der Waals surface area contributed by atoms with E-state index in [4.69, 9.17) is 0 Å². The number of nitrogens with zero attached hydrogens (tertiary/aromatic N) is 3. The molecule has 0 fully saturated rings. The van der Waals surface area contributed by atoms with E-state index >= 15 is 0 Å². The monoisotopic (exact) mass is 341 g/mol. The summed E-state index contributed by atoms with van der Waals surface area (Å²) in [4.78, 5) is 4.40. The first-order valence-corrected chi connectivity index (χ1v) is 8.90. The molecule has 3 rings (SSSR count). The number of anilines is 2. The zero-order chi connectivity index (χ0) is 17.3. The van der Waals surface area contributed by atoms with Crippen molar-refractivity contribution in [3.05, 3.63) is 53.5 Å². The second-order valence-electron chi connectivity index (χ2n) is 6.22. The van der Waals surface area contributed by atoms with Crippen LogP contribution in [0.15, 0.2) is 42.1 Å². The van der Waals surface area contributed by atoms with Crippen LogP contribution in [0.2, 0.25) is 0 Å². The molecule has 1 aromatic carbocycles. The maximum Gasteiger partial charge on any atom is 0.244 e. The number of hydrogen-bond donors (Lipinski definition) is 2. The third-order valence-corrected chi connectivity index (χ3v) is 4.33. The number of rotatable bonds is 8. The lowest BCUT2D eigenvalue weighted by Gasteiger charge is -2.13. The smallest absolute Gasteiger partial charge is 0.244 e. The lowest BCUT2D eigenvalue weighted by Crippen LogP contribution is -2.12. The highest BCUT2D eigenvalue weighted by molar-refractivity contribution is 5.37. The van der Waals surface area contributed by atoms with E-state index in [1.807, 2.05) is 6.07 Å². The molecule has 1 aliphatic carbocycles. The molecule has 5 nitrogen and oxygen atoms in total. The van der Waals surface area contributed by atoms with Gasteiger partial charge in [-0.15, -0.1) is 5.10 Å². The van der Waals surface area contributed by atoms with E-state index in [9.17, 15) is 4.39 Å². The molecule has 0 unspecified atom stereocenters. The second-order valence-corrected chi connectivity index (χ2v) is 6.22. The lowest BCUT2D eigenvalue weighted by atomic mass is 9.97. The Balaban J connectivity index is 1.44. The maximum atomic E-state index is 13.6. The Morgan fingerprint density at radius 3 is 2.76 bits per heavy atom. The van der Waals surface area contributed by atoms with Gasteiger partial charge in [0, 0.05) is 13.1 Å². The first-order chi connectivity index (χ1) is 12.3. The van der Waals surface area contributed by atoms with Gasteiger partial charge >= 0.3 is 0 Å². The Morgan fingerprint density at radius 2 is 1.92 bits per heavy atom. The number of aromatic nitrogens is 3. The number of hydrogen-bond acceptors (Lipinski definition) is 5. The number of halogens is 1. The first-order valence-electron chi connectivity index (χ1n) is 8.90. The molecule has 25 heavy (non-hydrogen) atoms. The topological polar surface area (TPSA) is 62.7 Å². The summed E-state index contributed by atoms with van der Waals surface area (Å²) in [6.07, 6.45) is 10.6. The van der Waals surface area contributed by atoms with Gasteiger partial charge in [0.1, 0.15) is 5.82 Å².